The van der Waals surface area contributed by atoms with Gasteiger partial charge in [0.15, 0.2) is 0 Å². The van der Waals surface area contributed by atoms with Gasteiger partial charge in [-0.05, 0) is 24.1 Å². The zero-order valence-electron chi connectivity index (χ0n) is 11.7. The molecule has 0 saturated carbocycles. The lowest BCUT2D eigenvalue weighted by atomic mass is 10.2. The number of pyridine rings is 1. The Morgan fingerprint density at radius 3 is 2.85 bits per heavy atom. The fraction of sp³-hybridized carbons (Fsp3) is 0.357. The topological polar surface area (TPSA) is 86.0 Å². The van der Waals surface area contributed by atoms with E-state index in [4.69, 9.17) is 10.5 Å². The second-order valence-electron chi connectivity index (χ2n) is 4.85. The molecule has 0 spiro atoms. The molecule has 0 bridgehead atoms. The first kappa shape index (κ1) is 14.0. The number of nitrogen functional groups attached to an aromatic ring is 1. The van der Waals surface area contributed by atoms with Crippen LogP contribution in [-0.2, 0) is 6.54 Å². The molecule has 0 amide bonds. The highest BCUT2D eigenvalue weighted by Crippen LogP contribution is 2.21. The molecule has 0 saturated heterocycles. The molecular weight excluding hydrogens is 254 g/mol. The minimum absolute atomic E-state index is 0.425. The Morgan fingerprint density at radius 1 is 1.30 bits per heavy atom. The smallest absolute Gasteiger partial charge is 0.239 e. The maximum atomic E-state index is 5.85. The zero-order chi connectivity index (χ0) is 14.4. The monoisotopic (exact) mass is 273 g/mol. The molecule has 2 aromatic heterocycles. The number of hydrogen-bond donors (Lipinski definition) is 2. The summed E-state index contributed by atoms with van der Waals surface area (Å²) in [6, 6.07) is 5.45. The Labute approximate surface area is 118 Å². The van der Waals surface area contributed by atoms with Gasteiger partial charge < -0.3 is 15.8 Å². The predicted molar refractivity (Wildman–Crippen MR) is 78.3 cm³/mol. The van der Waals surface area contributed by atoms with Crippen LogP contribution < -0.4 is 15.8 Å². The normalized spacial score (nSPS) is 10.6. The fourth-order valence-corrected chi connectivity index (χ4v) is 1.51. The van der Waals surface area contributed by atoms with Crippen LogP contribution >= 0.6 is 0 Å². The van der Waals surface area contributed by atoms with E-state index in [1.807, 2.05) is 12.1 Å². The molecule has 0 aliphatic heterocycles. The van der Waals surface area contributed by atoms with Gasteiger partial charge in [0.25, 0.3) is 0 Å². The SMILES string of the molecule is CC(C)COc1nc(NCc2ccncn2)ccc1N. The van der Waals surface area contributed by atoms with E-state index in [1.54, 1.807) is 12.3 Å². The van der Waals surface area contributed by atoms with Gasteiger partial charge in [-0.25, -0.2) is 9.97 Å². The van der Waals surface area contributed by atoms with Gasteiger partial charge in [0.05, 0.1) is 24.5 Å². The summed E-state index contributed by atoms with van der Waals surface area (Å²) in [5.41, 5.74) is 7.28. The van der Waals surface area contributed by atoms with Crippen molar-refractivity contribution in [3.8, 4) is 5.88 Å². The van der Waals surface area contributed by atoms with Gasteiger partial charge in [0.2, 0.25) is 5.88 Å². The van der Waals surface area contributed by atoms with E-state index < -0.39 is 0 Å². The molecule has 0 unspecified atom stereocenters. The van der Waals surface area contributed by atoms with Gasteiger partial charge in [-0.3, -0.25) is 0 Å². The first-order valence-corrected chi connectivity index (χ1v) is 6.53. The number of hydrogen-bond acceptors (Lipinski definition) is 6. The standard InChI is InChI=1S/C14H19N5O/c1-10(2)8-20-14-12(15)3-4-13(19-14)17-7-11-5-6-16-9-18-11/h3-6,9-10H,7-8,15H2,1-2H3,(H,17,19). The van der Waals surface area contributed by atoms with Gasteiger partial charge in [-0.2, -0.15) is 4.98 Å². The quantitative estimate of drug-likeness (QED) is 0.838. The van der Waals surface area contributed by atoms with Crippen LogP contribution in [0.25, 0.3) is 0 Å². The van der Waals surface area contributed by atoms with E-state index in [-0.39, 0.29) is 0 Å². The van der Waals surface area contributed by atoms with E-state index in [0.717, 1.165) is 5.69 Å². The highest BCUT2D eigenvalue weighted by molar-refractivity contribution is 5.53. The number of anilines is 2. The first-order chi connectivity index (χ1) is 9.65. The van der Waals surface area contributed by atoms with Crippen molar-refractivity contribution in [1.82, 2.24) is 15.0 Å². The van der Waals surface area contributed by atoms with E-state index in [9.17, 15) is 0 Å². The molecule has 0 aromatic carbocycles. The molecule has 2 heterocycles. The van der Waals surface area contributed by atoms with E-state index in [0.29, 0.717) is 36.5 Å². The Bertz CT molecular complexity index is 545. The highest BCUT2D eigenvalue weighted by Gasteiger charge is 2.06. The highest BCUT2D eigenvalue weighted by atomic mass is 16.5. The number of aromatic nitrogens is 3. The van der Waals surface area contributed by atoms with Crippen LogP contribution in [0.5, 0.6) is 5.88 Å². The summed E-state index contributed by atoms with van der Waals surface area (Å²) in [6.07, 6.45) is 3.22. The first-order valence-electron chi connectivity index (χ1n) is 6.53. The lowest BCUT2D eigenvalue weighted by molar-refractivity contribution is 0.263. The molecule has 0 atom stereocenters. The van der Waals surface area contributed by atoms with Gasteiger partial charge in [0.1, 0.15) is 12.1 Å². The summed E-state index contributed by atoms with van der Waals surface area (Å²) in [6.45, 7) is 5.32. The van der Waals surface area contributed by atoms with Crippen molar-refractivity contribution in [2.24, 2.45) is 5.92 Å². The van der Waals surface area contributed by atoms with Crippen molar-refractivity contribution in [3.05, 3.63) is 36.4 Å². The summed E-state index contributed by atoms with van der Waals surface area (Å²) in [5.74, 6) is 1.59. The second kappa shape index (κ2) is 6.70. The van der Waals surface area contributed by atoms with Gasteiger partial charge in [0, 0.05) is 6.20 Å². The Hall–Kier alpha value is -2.37. The molecule has 0 aliphatic rings. The number of ether oxygens (including phenoxy) is 1. The second-order valence-corrected chi connectivity index (χ2v) is 4.85. The maximum absolute atomic E-state index is 5.85. The number of nitrogens with zero attached hydrogens (tertiary/aromatic N) is 3. The Morgan fingerprint density at radius 2 is 2.15 bits per heavy atom. The summed E-state index contributed by atoms with van der Waals surface area (Å²) in [5, 5.41) is 3.18. The van der Waals surface area contributed by atoms with Crippen LogP contribution in [0.4, 0.5) is 11.5 Å². The molecular formula is C14H19N5O. The van der Waals surface area contributed by atoms with Crippen LogP contribution in [0, 0.1) is 5.92 Å². The molecule has 106 valence electrons. The van der Waals surface area contributed by atoms with Crippen molar-refractivity contribution in [3.63, 3.8) is 0 Å². The largest absolute Gasteiger partial charge is 0.476 e. The number of nitrogens with two attached hydrogens (primary N) is 1. The van der Waals surface area contributed by atoms with Crippen molar-refractivity contribution >= 4 is 11.5 Å². The average Bonchev–Trinajstić information content (AvgIpc) is 2.46. The molecule has 6 heteroatoms. The third-order valence-electron chi connectivity index (χ3n) is 2.54. The van der Waals surface area contributed by atoms with Crippen LogP contribution in [-0.4, -0.2) is 21.6 Å². The molecule has 0 aliphatic carbocycles. The summed E-state index contributed by atoms with van der Waals surface area (Å²) >= 11 is 0. The Kier molecular flexibility index (Phi) is 4.70. The van der Waals surface area contributed by atoms with Crippen LogP contribution in [0.3, 0.4) is 0 Å². The van der Waals surface area contributed by atoms with Crippen molar-refractivity contribution in [2.75, 3.05) is 17.7 Å². The number of nitrogens with one attached hydrogen (secondary N) is 1. The van der Waals surface area contributed by atoms with Crippen molar-refractivity contribution in [1.29, 1.82) is 0 Å². The lowest BCUT2D eigenvalue weighted by Crippen LogP contribution is -2.09. The molecule has 20 heavy (non-hydrogen) atoms. The van der Waals surface area contributed by atoms with E-state index in [1.165, 1.54) is 6.33 Å². The molecule has 6 nitrogen and oxygen atoms in total. The van der Waals surface area contributed by atoms with Gasteiger partial charge >= 0.3 is 0 Å². The van der Waals surface area contributed by atoms with E-state index >= 15 is 0 Å². The van der Waals surface area contributed by atoms with Crippen LogP contribution in [0.1, 0.15) is 19.5 Å². The van der Waals surface area contributed by atoms with Crippen LogP contribution in [0.15, 0.2) is 30.7 Å². The maximum Gasteiger partial charge on any atom is 0.239 e. The van der Waals surface area contributed by atoms with Crippen molar-refractivity contribution in [2.45, 2.75) is 20.4 Å². The van der Waals surface area contributed by atoms with E-state index in [2.05, 4.69) is 34.1 Å². The number of rotatable bonds is 6. The molecule has 2 aromatic rings. The third kappa shape index (κ3) is 4.08. The zero-order valence-corrected chi connectivity index (χ0v) is 11.7. The lowest BCUT2D eigenvalue weighted by Gasteiger charge is -2.12. The molecule has 0 radical (unpaired) electrons. The predicted octanol–water partition coefficient (Wildman–Crippen LogP) is 2.10. The summed E-state index contributed by atoms with van der Waals surface area (Å²) in [4.78, 5) is 12.4. The van der Waals surface area contributed by atoms with Crippen LogP contribution in [0.2, 0.25) is 0 Å². The molecule has 0 fully saturated rings. The Balaban J connectivity index is 2.00. The average molecular weight is 273 g/mol. The molecule has 3 N–H and O–H groups in total. The van der Waals surface area contributed by atoms with Crippen molar-refractivity contribution < 1.29 is 4.74 Å². The summed E-state index contributed by atoms with van der Waals surface area (Å²) in [7, 11) is 0. The van der Waals surface area contributed by atoms with Gasteiger partial charge in [-0.15, -0.1) is 0 Å². The van der Waals surface area contributed by atoms with Gasteiger partial charge in [-0.1, -0.05) is 13.8 Å². The molecule has 2 rings (SSSR count). The minimum Gasteiger partial charge on any atom is -0.476 e. The fourth-order valence-electron chi connectivity index (χ4n) is 1.51. The third-order valence-corrected chi connectivity index (χ3v) is 2.54. The summed E-state index contributed by atoms with van der Waals surface area (Å²) < 4.78 is 5.59. The minimum atomic E-state index is 0.425.